The quantitative estimate of drug-likeness (QED) is 0.586. The molecule has 0 aliphatic carbocycles. The molecule has 0 heterocycles. The number of carbonyl (C=O) groups is 1. The van der Waals surface area contributed by atoms with Gasteiger partial charge in [0.15, 0.2) is 0 Å². The molecule has 70 valence electrons. The van der Waals surface area contributed by atoms with Crippen LogP contribution in [0.15, 0.2) is 29.2 Å². The second kappa shape index (κ2) is 4.77. The van der Waals surface area contributed by atoms with E-state index in [0.717, 1.165) is 16.7 Å². The predicted octanol–water partition coefficient (Wildman–Crippen LogP) is 2.64. The maximum atomic E-state index is 11.0. The van der Waals surface area contributed by atoms with Gasteiger partial charge in [-0.25, -0.2) is 4.79 Å². The van der Waals surface area contributed by atoms with Gasteiger partial charge in [0, 0.05) is 4.90 Å². The van der Waals surface area contributed by atoms with E-state index in [1.807, 2.05) is 0 Å². The van der Waals surface area contributed by atoms with Gasteiger partial charge in [0.1, 0.15) is 5.75 Å². The van der Waals surface area contributed by atoms with E-state index < -0.39 is 0 Å². The molecule has 0 bridgehead atoms. The van der Waals surface area contributed by atoms with Gasteiger partial charge in [-0.1, -0.05) is 0 Å². The van der Waals surface area contributed by atoms with Gasteiger partial charge in [0.2, 0.25) is 0 Å². The summed E-state index contributed by atoms with van der Waals surface area (Å²) in [4.78, 5) is 11.7. The number of ether oxygens (including phenoxy) is 1. The number of hydrogen-bond donors (Lipinski definition) is 1. The maximum absolute atomic E-state index is 11.0. The largest absolute Gasteiger partial charge is 0.508 e. The molecule has 1 aromatic rings. The van der Waals surface area contributed by atoms with Crippen LogP contribution in [-0.4, -0.2) is 17.0 Å². The molecule has 0 fully saturated rings. The highest BCUT2D eigenvalue weighted by Gasteiger charge is 2.03. The third-order valence-corrected chi connectivity index (χ3v) is 2.09. The average Bonchev–Trinajstić information content (AvgIpc) is 2.09. The molecule has 0 saturated carbocycles. The van der Waals surface area contributed by atoms with Crippen molar-refractivity contribution in [1.82, 2.24) is 0 Å². The van der Waals surface area contributed by atoms with Gasteiger partial charge in [-0.3, -0.25) is 0 Å². The fourth-order valence-electron chi connectivity index (χ4n) is 0.758. The standard InChI is InChI=1S/C9H10O3S/c1-2-12-9(11)13-8-5-3-7(10)4-6-8/h3-6,10H,2H2,1H3. The van der Waals surface area contributed by atoms with E-state index in [1.165, 1.54) is 12.1 Å². The first-order chi connectivity index (χ1) is 6.22. The SMILES string of the molecule is CCOC(=O)Sc1ccc(O)cc1. The van der Waals surface area contributed by atoms with E-state index in [2.05, 4.69) is 0 Å². The highest BCUT2D eigenvalue weighted by molar-refractivity contribution is 8.13. The van der Waals surface area contributed by atoms with Crippen LogP contribution in [0, 0.1) is 0 Å². The lowest BCUT2D eigenvalue weighted by atomic mass is 10.3. The van der Waals surface area contributed by atoms with Crippen molar-refractivity contribution in [3.8, 4) is 5.75 Å². The zero-order valence-corrected chi connectivity index (χ0v) is 8.00. The normalized spacial score (nSPS) is 9.62. The molecule has 1 N–H and O–H groups in total. The van der Waals surface area contributed by atoms with Gasteiger partial charge in [0.25, 0.3) is 0 Å². The lowest BCUT2D eigenvalue weighted by Gasteiger charge is -2.00. The van der Waals surface area contributed by atoms with Crippen molar-refractivity contribution in [1.29, 1.82) is 0 Å². The summed E-state index contributed by atoms with van der Waals surface area (Å²) in [7, 11) is 0. The summed E-state index contributed by atoms with van der Waals surface area (Å²) in [6.45, 7) is 2.14. The van der Waals surface area contributed by atoms with Crippen LogP contribution in [-0.2, 0) is 4.74 Å². The summed E-state index contributed by atoms with van der Waals surface area (Å²) in [5.41, 5.74) is 0. The molecule has 1 rings (SSSR count). The van der Waals surface area contributed by atoms with Gasteiger partial charge in [0.05, 0.1) is 6.61 Å². The number of thioether (sulfide) groups is 1. The van der Waals surface area contributed by atoms with Crippen molar-refractivity contribution in [3.05, 3.63) is 24.3 Å². The Kier molecular flexibility index (Phi) is 3.64. The summed E-state index contributed by atoms with van der Waals surface area (Å²) in [6, 6.07) is 6.39. The van der Waals surface area contributed by atoms with E-state index >= 15 is 0 Å². The summed E-state index contributed by atoms with van der Waals surface area (Å²) in [5.74, 6) is 0.188. The Bertz CT molecular complexity index is 281. The molecule has 0 atom stereocenters. The zero-order valence-electron chi connectivity index (χ0n) is 7.19. The molecule has 3 nitrogen and oxygen atoms in total. The molecule has 0 radical (unpaired) electrons. The monoisotopic (exact) mass is 198 g/mol. The van der Waals surface area contributed by atoms with Crippen molar-refractivity contribution in [2.24, 2.45) is 0 Å². The van der Waals surface area contributed by atoms with Crippen molar-refractivity contribution in [3.63, 3.8) is 0 Å². The van der Waals surface area contributed by atoms with Crippen LogP contribution in [0.25, 0.3) is 0 Å². The number of hydrogen-bond acceptors (Lipinski definition) is 4. The van der Waals surface area contributed by atoms with Crippen LogP contribution in [0.3, 0.4) is 0 Å². The first-order valence-corrected chi connectivity index (χ1v) is 4.67. The lowest BCUT2D eigenvalue weighted by Crippen LogP contribution is -1.95. The van der Waals surface area contributed by atoms with Crippen molar-refractivity contribution >= 4 is 17.1 Å². The molecule has 1 aromatic carbocycles. The first kappa shape index (κ1) is 9.92. The third kappa shape index (κ3) is 3.38. The minimum atomic E-state index is -0.326. The van der Waals surface area contributed by atoms with Crippen molar-refractivity contribution in [2.75, 3.05) is 6.61 Å². The number of phenolic OH excluding ortho intramolecular Hbond substituents is 1. The van der Waals surface area contributed by atoms with Crippen molar-refractivity contribution in [2.45, 2.75) is 11.8 Å². The van der Waals surface area contributed by atoms with Crippen LogP contribution < -0.4 is 0 Å². The van der Waals surface area contributed by atoms with E-state index in [0.29, 0.717) is 6.61 Å². The number of benzene rings is 1. The number of phenols is 1. The molecule has 0 aromatic heterocycles. The Morgan fingerprint density at radius 1 is 1.46 bits per heavy atom. The summed E-state index contributed by atoms with van der Waals surface area (Å²) < 4.78 is 4.74. The fourth-order valence-corrected chi connectivity index (χ4v) is 1.40. The molecule has 4 heteroatoms. The predicted molar refractivity (Wildman–Crippen MR) is 51.0 cm³/mol. The Morgan fingerprint density at radius 3 is 2.62 bits per heavy atom. The van der Waals surface area contributed by atoms with E-state index in [9.17, 15) is 4.79 Å². The van der Waals surface area contributed by atoms with Crippen molar-refractivity contribution < 1.29 is 14.6 Å². The Labute approximate surface area is 80.7 Å². The zero-order chi connectivity index (χ0) is 9.68. The van der Waals surface area contributed by atoms with Crippen LogP contribution in [0.5, 0.6) is 5.75 Å². The number of rotatable bonds is 2. The van der Waals surface area contributed by atoms with Gasteiger partial charge in [-0.15, -0.1) is 0 Å². The summed E-state index contributed by atoms with van der Waals surface area (Å²) >= 11 is 1.00. The Morgan fingerprint density at radius 2 is 2.08 bits per heavy atom. The molecule has 0 aliphatic heterocycles. The average molecular weight is 198 g/mol. The number of aromatic hydroxyl groups is 1. The number of carbonyl (C=O) groups excluding carboxylic acids is 1. The maximum Gasteiger partial charge on any atom is 0.372 e. The van der Waals surface area contributed by atoms with E-state index in [-0.39, 0.29) is 11.1 Å². The van der Waals surface area contributed by atoms with Gasteiger partial charge < -0.3 is 9.84 Å². The molecule has 0 spiro atoms. The highest BCUT2D eigenvalue weighted by atomic mass is 32.2. The van der Waals surface area contributed by atoms with Crippen LogP contribution >= 0.6 is 11.8 Å². The van der Waals surface area contributed by atoms with Crippen LogP contribution in [0.4, 0.5) is 4.79 Å². The Hall–Kier alpha value is -1.16. The summed E-state index contributed by atoms with van der Waals surface area (Å²) in [5, 5.41) is 8.64. The molecule has 13 heavy (non-hydrogen) atoms. The van der Waals surface area contributed by atoms with Crippen LogP contribution in [0.1, 0.15) is 6.92 Å². The minimum absolute atomic E-state index is 0.188. The lowest BCUT2D eigenvalue weighted by molar-refractivity contribution is 0.181. The summed E-state index contributed by atoms with van der Waals surface area (Å²) in [6.07, 6.45) is 0. The van der Waals surface area contributed by atoms with Gasteiger partial charge in [-0.05, 0) is 43.0 Å². The van der Waals surface area contributed by atoms with E-state index in [1.54, 1.807) is 19.1 Å². The second-order valence-corrected chi connectivity index (χ2v) is 3.29. The molecular formula is C9H10O3S. The second-order valence-electron chi connectivity index (χ2n) is 2.28. The van der Waals surface area contributed by atoms with Gasteiger partial charge >= 0.3 is 5.30 Å². The van der Waals surface area contributed by atoms with Gasteiger partial charge in [-0.2, -0.15) is 0 Å². The minimum Gasteiger partial charge on any atom is -0.508 e. The molecular weight excluding hydrogens is 188 g/mol. The highest BCUT2D eigenvalue weighted by Crippen LogP contribution is 2.22. The van der Waals surface area contributed by atoms with E-state index in [4.69, 9.17) is 9.84 Å². The smallest absolute Gasteiger partial charge is 0.372 e. The third-order valence-electron chi connectivity index (χ3n) is 1.30. The topological polar surface area (TPSA) is 46.5 Å². The molecule has 0 saturated heterocycles. The Balaban J connectivity index is 2.54. The molecule has 0 amide bonds. The first-order valence-electron chi connectivity index (χ1n) is 3.86. The fraction of sp³-hybridized carbons (Fsp3) is 0.222. The molecule has 0 aliphatic rings. The molecule has 0 unspecified atom stereocenters. The van der Waals surface area contributed by atoms with Crippen LogP contribution in [0.2, 0.25) is 0 Å².